The first-order valence-electron chi connectivity index (χ1n) is 6.30. The highest BCUT2D eigenvalue weighted by molar-refractivity contribution is 4.86. The van der Waals surface area contributed by atoms with Crippen LogP contribution in [0.4, 0.5) is 0 Å². The second kappa shape index (κ2) is 5.13. The van der Waals surface area contributed by atoms with E-state index in [9.17, 15) is 5.11 Å². The van der Waals surface area contributed by atoms with Crippen molar-refractivity contribution in [3.05, 3.63) is 0 Å². The van der Waals surface area contributed by atoms with E-state index in [2.05, 4.69) is 5.32 Å². The van der Waals surface area contributed by atoms with E-state index in [0.29, 0.717) is 12.1 Å². The molecular formula is C12H23NO. The molecule has 2 aliphatic carbocycles. The second-order valence-electron chi connectivity index (χ2n) is 4.96. The van der Waals surface area contributed by atoms with Crippen molar-refractivity contribution in [3.63, 3.8) is 0 Å². The van der Waals surface area contributed by atoms with Crippen molar-refractivity contribution in [1.82, 2.24) is 5.32 Å². The van der Waals surface area contributed by atoms with Crippen molar-refractivity contribution in [2.75, 3.05) is 0 Å². The minimum absolute atomic E-state index is 0.0711. The zero-order valence-electron chi connectivity index (χ0n) is 9.04. The number of aliphatic hydroxyl groups is 1. The monoisotopic (exact) mass is 197 g/mol. The van der Waals surface area contributed by atoms with Crippen molar-refractivity contribution in [3.8, 4) is 0 Å². The summed E-state index contributed by atoms with van der Waals surface area (Å²) in [5, 5.41) is 13.4. The maximum atomic E-state index is 9.73. The Morgan fingerprint density at radius 3 is 2.07 bits per heavy atom. The van der Waals surface area contributed by atoms with Gasteiger partial charge in [0.2, 0.25) is 0 Å². The lowest BCUT2D eigenvalue weighted by molar-refractivity contribution is 0.141. The first-order chi connectivity index (χ1) is 6.86. The minimum Gasteiger partial charge on any atom is -0.392 e. The quantitative estimate of drug-likeness (QED) is 0.665. The maximum absolute atomic E-state index is 9.73. The molecule has 0 aromatic heterocycles. The van der Waals surface area contributed by atoms with Gasteiger partial charge >= 0.3 is 0 Å². The van der Waals surface area contributed by atoms with Crippen LogP contribution in [-0.4, -0.2) is 23.3 Å². The molecule has 0 aromatic carbocycles. The molecule has 14 heavy (non-hydrogen) atoms. The van der Waals surface area contributed by atoms with Gasteiger partial charge in [-0.2, -0.15) is 0 Å². The van der Waals surface area contributed by atoms with Gasteiger partial charge in [-0.1, -0.05) is 25.7 Å². The van der Waals surface area contributed by atoms with Gasteiger partial charge in [0, 0.05) is 12.1 Å². The predicted octanol–water partition coefficient (Wildman–Crippen LogP) is 2.21. The van der Waals surface area contributed by atoms with Crippen molar-refractivity contribution in [1.29, 1.82) is 0 Å². The van der Waals surface area contributed by atoms with Gasteiger partial charge in [-0.25, -0.2) is 0 Å². The van der Waals surface area contributed by atoms with Crippen molar-refractivity contribution < 1.29 is 5.11 Å². The summed E-state index contributed by atoms with van der Waals surface area (Å²) in [7, 11) is 0. The molecule has 0 saturated heterocycles. The summed E-state index contributed by atoms with van der Waals surface area (Å²) in [6, 6.07) is 1.09. The third kappa shape index (κ3) is 2.71. The molecule has 2 N–H and O–H groups in total. The summed E-state index contributed by atoms with van der Waals surface area (Å²) in [5.74, 6) is 0. The lowest BCUT2D eigenvalue weighted by atomic mass is 10.1. The zero-order valence-corrected chi connectivity index (χ0v) is 9.04. The van der Waals surface area contributed by atoms with Crippen molar-refractivity contribution in [2.45, 2.75) is 76.0 Å². The average molecular weight is 197 g/mol. The molecule has 2 atom stereocenters. The number of aliphatic hydroxyl groups excluding tert-OH is 1. The van der Waals surface area contributed by atoms with Crippen LogP contribution >= 0.6 is 0 Å². The number of rotatable bonds is 2. The second-order valence-corrected chi connectivity index (χ2v) is 4.96. The summed E-state index contributed by atoms with van der Waals surface area (Å²) in [6.45, 7) is 0. The van der Waals surface area contributed by atoms with Crippen molar-refractivity contribution >= 4 is 0 Å². The molecular weight excluding hydrogens is 174 g/mol. The predicted molar refractivity (Wildman–Crippen MR) is 58.3 cm³/mol. The fourth-order valence-electron chi connectivity index (χ4n) is 2.88. The Morgan fingerprint density at radius 1 is 0.786 bits per heavy atom. The molecule has 2 saturated carbocycles. The van der Waals surface area contributed by atoms with Gasteiger partial charge in [0.1, 0.15) is 0 Å². The van der Waals surface area contributed by atoms with Gasteiger partial charge in [0.25, 0.3) is 0 Å². The third-order valence-electron chi connectivity index (χ3n) is 3.78. The first kappa shape index (κ1) is 10.4. The molecule has 2 unspecified atom stereocenters. The van der Waals surface area contributed by atoms with E-state index >= 15 is 0 Å². The Kier molecular flexibility index (Phi) is 3.82. The molecule has 0 amide bonds. The van der Waals surface area contributed by atoms with E-state index in [1.54, 1.807) is 0 Å². The van der Waals surface area contributed by atoms with Crippen LogP contribution in [0.1, 0.15) is 57.8 Å². The molecule has 0 radical (unpaired) electrons. The highest BCUT2D eigenvalue weighted by atomic mass is 16.3. The lowest BCUT2D eigenvalue weighted by Gasteiger charge is -2.23. The van der Waals surface area contributed by atoms with E-state index in [-0.39, 0.29) is 6.10 Å². The van der Waals surface area contributed by atoms with Gasteiger partial charge in [0.15, 0.2) is 0 Å². The molecule has 0 aliphatic heterocycles. The Labute approximate surface area is 87.1 Å². The molecule has 2 aliphatic rings. The minimum atomic E-state index is -0.0711. The smallest absolute Gasteiger partial charge is 0.0693 e. The molecule has 82 valence electrons. The Hall–Kier alpha value is -0.0800. The third-order valence-corrected chi connectivity index (χ3v) is 3.78. The van der Waals surface area contributed by atoms with E-state index in [1.807, 2.05) is 0 Å². The van der Waals surface area contributed by atoms with Gasteiger partial charge < -0.3 is 10.4 Å². The summed E-state index contributed by atoms with van der Waals surface area (Å²) in [4.78, 5) is 0. The molecule has 2 fully saturated rings. The normalized spacial score (nSPS) is 35.8. The standard InChI is InChI=1S/C12H23NO/c14-12-9-5-8-11(12)13-10-6-3-1-2-4-7-10/h10-14H,1-9H2. The number of nitrogens with one attached hydrogen (secondary N) is 1. The molecule has 0 spiro atoms. The first-order valence-corrected chi connectivity index (χ1v) is 6.30. The van der Waals surface area contributed by atoms with E-state index in [0.717, 1.165) is 6.42 Å². The summed E-state index contributed by atoms with van der Waals surface area (Å²) >= 11 is 0. The average Bonchev–Trinajstić information content (AvgIpc) is 2.44. The van der Waals surface area contributed by atoms with Gasteiger partial charge in [0.05, 0.1) is 6.10 Å². The fourth-order valence-corrected chi connectivity index (χ4v) is 2.88. The topological polar surface area (TPSA) is 32.3 Å². The highest BCUT2D eigenvalue weighted by Crippen LogP contribution is 2.23. The van der Waals surface area contributed by atoms with E-state index in [1.165, 1.54) is 51.4 Å². The fraction of sp³-hybridized carbons (Fsp3) is 1.00. The summed E-state index contributed by atoms with van der Waals surface area (Å²) in [6.07, 6.45) is 11.5. The lowest BCUT2D eigenvalue weighted by Crippen LogP contribution is -2.42. The van der Waals surface area contributed by atoms with Crippen LogP contribution in [-0.2, 0) is 0 Å². The van der Waals surface area contributed by atoms with Crippen LogP contribution < -0.4 is 5.32 Å². The van der Waals surface area contributed by atoms with Crippen LogP contribution in [0, 0.1) is 0 Å². The van der Waals surface area contributed by atoms with E-state index < -0.39 is 0 Å². The molecule has 2 rings (SSSR count). The zero-order chi connectivity index (χ0) is 9.80. The van der Waals surface area contributed by atoms with Gasteiger partial charge in [-0.05, 0) is 32.1 Å². The van der Waals surface area contributed by atoms with Gasteiger partial charge in [-0.15, -0.1) is 0 Å². The van der Waals surface area contributed by atoms with E-state index in [4.69, 9.17) is 0 Å². The van der Waals surface area contributed by atoms with Crippen LogP contribution in [0.3, 0.4) is 0 Å². The highest BCUT2D eigenvalue weighted by Gasteiger charge is 2.27. The molecule has 0 aromatic rings. The summed E-state index contributed by atoms with van der Waals surface area (Å²) < 4.78 is 0. The van der Waals surface area contributed by atoms with Crippen LogP contribution in [0.25, 0.3) is 0 Å². The van der Waals surface area contributed by atoms with Gasteiger partial charge in [-0.3, -0.25) is 0 Å². The Balaban J connectivity index is 1.77. The van der Waals surface area contributed by atoms with Crippen LogP contribution in [0.5, 0.6) is 0 Å². The number of hydrogen-bond acceptors (Lipinski definition) is 2. The Morgan fingerprint density at radius 2 is 1.50 bits per heavy atom. The molecule has 0 heterocycles. The molecule has 2 heteroatoms. The Bertz CT molecular complexity index is 164. The summed E-state index contributed by atoms with van der Waals surface area (Å²) in [5.41, 5.74) is 0. The maximum Gasteiger partial charge on any atom is 0.0693 e. The van der Waals surface area contributed by atoms with Crippen LogP contribution in [0.15, 0.2) is 0 Å². The molecule has 2 nitrogen and oxygen atoms in total. The van der Waals surface area contributed by atoms with Crippen LogP contribution in [0.2, 0.25) is 0 Å². The largest absolute Gasteiger partial charge is 0.392 e. The molecule has 0 bridgehead atoms. The van der Waals surface area contributed by atoms with Crippen molar-refractivity contribution in [2.24, 2.45) is 0 Å². The SMILES string of the molecule is OC1CCCC1NC1CCCCCC1. The number of hydrogen-bond donors (Lipinski definition) is 2.